The third-order valence-corrected chi connectivity index (χ3v) is 3.52. The van der Waals surface area contributed by atoms with Crippen LogP contribution in [0.25, 0.3) is 0 Å². The second-order valence-electron chi connectivity index (χ2n) is 4.22. The first-order valence-corrected chi connectivity index (χ1v) is 6.39. The molecule has 17 heavy (non-hydrogen) atoms. The van der Waals surface area contributed by atoms with Gasteiger partial charge in [0.05, 0.1) is 11.6 Å². The quantitative estimate of drug-likeness (QED) is 0.759. The molecule has 0 amide bonds. The second kappa shape index (κ2) is 6.39. The number of Topliss-reactive ketones (excluding diaryl/α,β-unsaturated/α-hetero) is 1. The van der Waals surface area contributed by atoms with Crippen LogP contribution in [0.1, 0.15) is 30.6 Å². The van der Waals surface area contributed by atoms with E-state index in [1.165, 1.54) is 0 Å². The Hall–Kier alpha value is -0.570. The monoisotopic (exact) mass is 273 g/mol. The SMILES string of the molecule is CCC(C)N(C)CC(=O)c1ccc(Cl)cc1Cl. The minimum Gasteiger partial charge on any atom is -0.296 e. The summed E-state index contributed by atoms with van der Waals surface area (Å²) in [5, 5.41) is 0.960. The van der Waals surface area contributed by atoms with Crippen molar-refractivity contribution in [2.24, 2.45) is 0 Å². The molecule has 0 radical (unpaired) electrons. The van der Waals surface area contributed by atoms with Crippen molar-refractivity contribution in [3.05, 3.63) is 33.8 Å². The van der Waals surface area contributed by atoms with E-state index in [2.05, 4.69) is 13.8 Å². The number of nitrogens with zero attached hydrogens (tertiary/aromatic N) is 1. The first kappa shape index (κ1) is 14.5. The molecule has 0 saturated heterocycles. The second-order valence-corrected chi connectivity index (χ2v) is 5.06. The van der Waals surface area contributed by atoms with Crippen LogP contribution >= 0.6 is 23.2 Å². The molecule has 0 N–H and O–H groups in total. The molecular formula is C13H17Cl2NO. The fourth-order valence-electron chi connectivity index (χ4n) is 1.49. The van der Waals surface area contributed by atoms with E-state index in [4.69, 9.17) is 23.2 Å². The molecule has 0 aliphatic carbocycles. The van der Waals surface area contributed by atoms with Crippen LogP contribution in [0, 0.1) is 0 Å². The molecular weight excluding hydrogens is 257 g/mol. The zero-order valence-corrected chi connectivity index (χ0v) is 11.8. The lowest BCUT2D eigenvalue weighted by Gasteiger charge is -2.22. The molecule has 0 heterocycles. The summed E-state index contributed by atoms with van der Waals surface area (Å²) >= 11 is 11.8. The number of ketones is 1. The summed E-state index contributed by atoms with van der Waals surface area (Å²) in [7, 11) is 1.94. The molecule has 0 bridgehead atoms. The molecule has 1 atom stereocenters. The van der Waals surface area contributed by atoms with E-state index >= 15 is 0 Å². The summed E-state index contributed by atoms with van der Waals surface area (Å²) in [5.41, 5.74) is 0.534. The van der Waals surface area contributed by atoms with E-state index < -0.39 is 0 Å². The summed E-state index contributed by atoms with van der Waals surface area (Å²) < 4.78 is 0. The standard InChI is InChI=1S/C13H17Cl2NO/c1-4-9(2)16(3)8-13(17)11-6-5-10(14)7-12(11)15/h5-7,9H,4,8H2,1-3H3. The van der Waals surface area contributed by atoms with Gasteiger partial charge >= 0.3 is 0 Å². The van der Waals surface area contributed by atoms with Crippen molar-refractivity contribution < 1.29 is 4.79 Å². The Labute approximate surface area is 113 Å². The molecule has 2 nitrogen and oxygen atoms in total. The van der Waals surface area contributed by atoms with Gasteiger partial charge in [0, 0.05) is 16.6 Å². The van der Waals surface area contributed by atoms with Crippen LogP contribution in [-0.4, -0.2) is 30.3 Å². The minimum atomic E-state index is 0.0227. The predicted octanol–water partition coefficient (Wildman–Crippen LogP) is 3.91. The highest BCUT2D eigenvalue weighted by Crippen LogP contribution is 2.21. The Balaban J connectivity index is 2.76. The normalized spacial score (nSPS) is 12.8. The lowest BCUT2D eigenvalue weighted by Crippen LogP contribution is -2.33. The van der Waals surface area contributed by atoms with E-state index in [1.54, 1.807) is 18.2 Å². The van der Waals surface area contributed by atoms with Gasteiger partial charge in [-0.15, -0.1) is 0 Å². The highest BCUT2D eigenvalue weighted by atomic mass is 35.5. The van der Waals surface area contributed by atoms with Crippen molar-refractivity contribution >= 4 is 29.0 Å². The molecule has 0 spiro atoms. The fourth-order valence-corrected chi connectivity index (χ4v) is 2.01. The third kappa shape index (κ3) is 3.98. The van der Waals surface area contributed by atoms with Crippen LogP contribution in [0.15, 0.2) is 18.2 Å². The first-order chi connectivity index (χ1) is 7.95. The van der Waals surface area contributed by atoms with Crippen LogP contribution in [0.2, 0.25) is 10.0 Å². The number of rotatable bonds is 5. The Morgan fingerprint density at radius 2 is 2.06 bits per heavy atom. The van der Waals surface area contributed by atoms with Gasteiger partial charge in [-0.05, 0) is 38.6 Å². The van der Waals surface area contributed by atoms with Crippen LogP contribution in [-0.2, 0) is 0 Å². The van der Waals surface area contributed by atoms with Crippen molar-refractivity contribution in [1.29, 1.82) is 0 Å². The summed E-state index contributed by atoms with van der Waals surface area (Å²) in [5.74, 6) is 0.0227. The number of carbonyl (C=O) groups is 1. The zero-order chi connectivity index (χ0) is 13.0. The molecule has 0 aliphatic heterocycles. The van der Waals surface area contributed by atoms with Crippen LogP contribution in [0.5, 0.6) is 0 Å². The average Bonchev–Trinajstić information content (AvgIpc) is 2.27. The van der Waals surface area contributed by atoms with E-state index in [-0.39, 0.29) is 5.78 Å². The van der Waals surface area contributed by atoms with Crippen LogP contribution in [0.4, 0.5) is 0 Å². The molecule has 0 fully saturated rings. The number of hydrogen-bond donors (Lipinski definition) is 0. The molecule has 1 rings (SSSR count). The van der Waals surface area contributed by atoms with Crippen molar-refractivity contribution in [2.45, 2.75) is 26.3 Å². The molecule has 94 valence electrons. The number of halogens is 2. The maximum atomic E-state index is 12.0. The summed E-state index contributed by atoms with van der Waals surface area (Å²) in [6, 6.07) is 5.34. The highest BCUT2D eigenvalue weighted by Gasteiger charge is 2.15. The van der Waals surface area contributed by atoms with Gasteiger partial charge in [-0.1, -0.05) is 30.1 Å². The molecule has 0 aliphatic rings. The van der Waals surface area contributed by atoms with E-state index in [0.29, 0.717) is 28.2 Å². The van der Waals surface area contributed by atoms with Gasteiger partial charge in [0.1, 0.15) is 0 Å². The summed E-state index contributed by atoms with van der Waals surface area (Å²) in [6.45, 7) is 4.56. The van der Waals surface area contributed by atoms with Crippen LogP contribution < -0.4 is 0 Å². The van der Waals surface area contributed by atoms with Gasteiger partial charge in [-0.2, -0.15) is 0 Å². The number of benzene rings is 1. The van der Waals surface area contributed by atoms with E-state index in [1.807, 2.05) is 11.9 Å². The number of carbonyl (C=O) groups excluding carboxylic acids is 1. The van der Waals surface area contributed by atoms with Gasteiger partial charge in [0.2, 0.25) is 0 Å². The third-order valence-electron chi connectivity index (χ3n) is 2.97. The minimum absolute atomic E-state index is 0.0227. The van der Waals surface area contributed by atoms with Gasteiger partial charge in [0.25, 0.3) is 0 Å². The maximum Gasteiger partial charge on any atom is 0.178 e. The lowest BCUT2D eigenvalue weighted by molar-refractivity contribution is 0.0923. The van der Waals surface area contributed by atoms with Crippen molar-refractivity contribution in [1.82, 2.24) is 4.90 Å². The largest absolute Gasteiger partial charge is 0.296 e. The smallest absolute Gasteiger partial charge is 0.178 e. The Bertz CT molecular complexity index is 406. The molecule has 1 unspecified atom stereocenters. The summed E-state index contributed by atoms with van der Waals surface area (Å²) in [6.07, 6.45) is 1.01. The first-order valence-electron chi connectivity index (χ1n) is 5.64. The maximum absolute atomic E-state index is 12.0. The summed E-state index contributed by atoms with van der Waals surface area (Å²) in [4.78, 5) is 14.1. The highest BCUT2D eigenvalue weighted by molar-refractivity contribution is 6.36. The van der Waals surface area contributed by atoms with Crippen molar-refractivity contribution in [2.75, 3.05) is 13.6 Å². The zero-order valence-electron chi connectivity index (χ0n) is 10.3. The van der Waals surface area contributed by atoms with Gasteiger partial charge < -0.3 is 0 Å². The molecule has 0 saturated carbocycles. The van der Waals surface area contributed by atoms with Gasteiger partial charge in [-0.25, -0.2) is 0 Å². The van der Waals surface area contributed by atoms with Crippen molar-refractivity contribution in [3.8, 4) is 0 Å². The lowest BCUT2D eigenvalue weighted by atomic mass is 10.1. The molecule has 1 aromatic carbocycles. The van der Waals surface area contributed by atoms with Crippen LogP contribution in [0.3, 0.4) is 0 Å². The Morgan fingerprint density at radius 1 is 1.41 bits per heavy atom. The van der Waals surface area contributed by atoms with Gasteiger partial charge in [-0.3, -0.25) is 9.69 Å². The van der Waals surface area contributed by atoms with E-state index in [0.717, 1.165) is 6.42 Å². The van der Waals surface area contributed by atoms with Gasteiger partial charge in [0.15, 0.2) is 5.78 Å². The molecule has 0 aromatic heterocycles. The van der Waals surface area contributed by atoms with E-state index in [9.17, 15) is 4.79 Å². The van der Waals surface area contributed by atoms with Crippen molar-refractivity contribution in [3.63, 3.8) is 0 Å². The average molecular weight is 274 g/mol. The Kier molecular flexibility index (Phi) is 5.44. The number of likely N-dealkylation sites (N-methyl/N-ethyl adjacent to an activating group) is 1. The molecule has 1 aromatic rings. The molecule has 4 heteroatoms. The Morgan fingerprint density at radius 3 is 2.59 bits per heavy atom. The predicted molar refractivity (Wildman–Crippen MR) is 73.2 cm³/mol. The topological polar surface area (TPSA) is 20.3 Å². The fraction of sp³-hybridized carbons (Fsp3) is 0.462. The number of hydrogen-bond acceptors (Lipinski definition) is 2.